The van der Waals surface area contributed by atoms with Crippen LogP contribution in [0.4, 0.5) is 0 Å². The van der Waals surface area contributed by atoms with Gasteiger partial charge in [0.25, 0.3) is 0 Å². The number of nitrogens with one attached hydrogen (secondary N) is 1. The quantitative estimate of drug-likeness (QED) is 0.833. The molecular formula is C17H33N3. The minimum Gasteiger partial charge on any atom is -0.311 e. The number of likely N-dealkylation sites (tertiary alicyclic amines) is 1. The van der Waals surface area contributed by atoms with Gasteiger partial charge in [0.2, 0.25) is 0 Å². The van der Waals surface area contributed by atoms with Crippen LogP contribution >= 0.6 is 0 Å². The largest absolute Gasteiger partial charge is 0.311 e. The molecule has 0 aromatic rings. The lowest BCUT2D eigenvalue weighted by atomic mass is 9.97. The van der Waals surface area contributed by atoms with Crippen LogP contribution in [0.3, 0.4) is 0 Å². The van der Waals surface area contributed by atoms with E-state index in [9.17, 15) is 0 Å². The molecule has 0 radical (unpaired) electrons. The Bertz CT molecular complexity index is 299. The topological polar surface area (TPSA) is 18.5 Å². The first-order chi connectivity index (χ1) is 9.75. The lowest BCUT2D eigenvalue weighted by Gasteiger charge is -2.35. The second-order valence-corrected chi connectivity index (χ2v) is 7.46. The predicted molar refractivity (Wildman–Crippen MR) is 85.1 cm³/mol. The second kappa shape index (κ2) is 6.76. The molecule has 116 valence electrons. The molecule has 3 heteroatoms. The molecule has 0 aromatic carbocycles. The molecular weight excluding hydrogens is 246 g/mol. The zero-order chi connectivity index (χ0) is 13.9. The van der Waals surface area contributed by atoms with Gasteiger partial charge in [0.15, 0.2) is 0 Å². The fraction of sp³-hybridized carbons (Fsp3) is 1.00. The van der Waals surface area contributed by atoms with Gasteiger partial charge >= 0.3 is 0 Å². The van der Waals surface area contributed by atoms with Gasteiger partial charge in [0.05, 0.1) is 0 Å². The molecule has 3 saturated heterocycles. The van der Waals surface area contributed by atoms with Gasteiger partial charge in [-0.25, -0.2) is 0 Å². The minimum absolute atomic E-state index is 0.746. The third kappa shape index (κ3) is 3.20. The van der Waals surface area contributed by atoms with E-state index in [0.717, 1.165) is 24.0 Å². The van der Waals surface area contributed by atoms with Crippen LogP contribution in [0.5, 0.6) is 0 Å². The van der Waals surface area contributed by atoms with Crippen molar-refractivity contribution in [2.75, 3.05) is 32.7 Å². The second-order valence-electron chi connectivity index (χ2n) is 7.46. The maximum atomic E-state index is 3.96. The zero-order valence-electron chi connectivity index (χ0n) is 13.5. The molecule has 3 nitrogen and oxygen atoms in total. The first kappa shape index (κ1) is 14.8. The normalized spacial score (nSPS) is 33.8. The van der Waals surface area contributed by atoms with Crippen LogP contribution < -0.4 is 5.32 Å². The van der Waals surface area contributed by atoms with E-state index < -0.39 is 0 Å². The van der Waals surface area contributed by atoms with Crippen molar-refractivity contribution in [3.63, 3.8) is 0 Å². The molecule has 3 rings (SSSR count). The number of nitrogens with zero attached hydrogens (tertiary/aromatic N) is 2. The maximum Gasteiger partial charge on any atom is 0.0249 e. The molecule has 3 aliphatic rings. The van der Waals surface area contributed by atoms with E-state index in [1.807, 2.05) is 0 Å². The molecule has 0 bridgehead atoms. The van der Waals surface area contributed by atoms with Gasteiger partial charge in [-0.2, -0.15) is 0 Å². The lowest BCUT2D eigenvalue weighted by molar-refractivity contribution is 0.158. The molecule has 3 unspecified atom stereocenters. The van der Waals surface area contributed by atoms with E-state index in [4.69, 9.17) is 0 Å². The number of piperidine rings is 1. The average Bonchev–Trinajstić information content (AvgIpc) is 3.09. The van der Waals surface area contributed by atoms with Gasteiger partial charge < -0.3 is 5.32 Å². The van der Waals surface area contributed by atoms with Crippen molar-refractivity contribution in [3.05, 3.63) is 0 Å². The molecule has 0 aliphatic carbocycles. The molecule has 0 saturated carbocycles. The Morgan fingerprint density at radius 2 is 1.70 bits per heavy atom. The Hall–Kier alpha value is -0.120. The highest BCUT2D eigenvalue weighted by Gasteiger charge is 2.36. The highest BCUT2D eigenvalue weighted by Crippen LogP contribution is 2.27. The van der Waals surface area contributed by atoms with Crippen molar-refractivity contribution in [1.82, 2.24) is 15.1 Å². The molecule has 3 aliphatic heterocycles. The van der Waals surface area contributed by atoms with Gasteiger partial charge in [-0.15, -0.1) is 0 Å². The summed E-state index contributed by atoms with van der Waals surface area (Å²) >= 11 is 0. The fourth-order valence-corrected chi connectivity index (χ4v) is 4.62. The van der Waals surface area contributed by atoms with E-state index in [1.165, 1.54) is 71.2 Å². The molecule has 3 heterocycles. The lowest BCUT2D eigenvalue weighted by Crippen LogP contribution is -2.50. The molecule has 0 spiro atoms. The van der Waals surface area contributed by atoms with Gasteiger partial charge in [-0.05, 0) is 57.7 Å². The van der Waals surface area contributed by atoms with Gasteiger partial charge in [0.1, 0.15) is 0 Å². The van der Waals surface area contributed by atoms with Gasteiger partial charge in [0, 0.05) is 31.2 Å². The van der Waals surface area contributed by atoms with E-state index in [0.29, 0.717) is 0 Å². The monoisotopic (exact) mass is 279 g/mol. The zero-order valence-corrected chi connectivity index (χ0v) is 13.5. The van der Waals surface area contributed by atoms with Crippen LogP contribution in [-0.2, 0) is 0 Å². The van der Waals surface area contributed by atoms with Crippen LogP contribution in [0.1, 0.15) is 52.4 Å². The Labute approximate surface area is 125 Å². The van der Waals surface area contributed by atoms with Crippen molar-refractivity contribution in [1.29, 1.82) is 0 Å². The summed E-state index contributed by atoms with van der Waals surface area (Å²) in [6, 6.07) is 2.35. The maximum absolute atomic E-state index is 3.96. The number of hydrogen-bond acceptors (Lipinski definition) is 3. The molecule has 3 atom stereocenters. The molecule has 0 aromatic heterocycles. The van der Waals surface area contributed by atoms with Crippen LogP contribution in [0, 0.1) is 5.92 Å². The average molecular weight is 279 g/mol. The molecule has 1 N–H and O–H groups in total. The molecule has 3 fully saturated rings. The summed E-state index contributed by atoms with van der Waals surface area (Å²) in [5.41, 5.74) is 0. The van der Waals surface area contributed by atoms with Crippen LogP contribution in [0.25, 0.3) is 0 Å². The Morgan fingerprint density at radius 3 is 2.45 bits per heavy atom. The third-order valence-corrected chi connectivity index (χ3v) is 5.82. The Balaban J connectivity index is 1.52. The van der Waals surface area contributed by atoms with E-state index in [1.54, 1.807) is 0 Å². The van der Waals surface area contributed by atoms with Crippen molar-refractivity contribution in [2.45, 2.75) is 70.5 Å². The fourth-order valence-electron chi connectivity index (χ4n) is 4.62. The molecule has 0 amide bonds. The Morgan fingerprint density at radius 1 is 0.950 bits per heavy atom. The summed E-state index contributed by atoms with van der Waals surface area (Å²) in [4.78, 5) is 5.46. The van der Waals surface area contributed by atoms with Gasteiger partial charge in [-0.1, -0.05) is 20.3 Å². The van der Waals surface area contributed by atoms with E-state index in [-0.39, 0.29) is 0 Å². The van der Waals surface area contributed by atoms with E-state index in [2.05, 4.69) is 29.0 Å². The van der Waals surface area contributed by atoms with E-state index >= 15 is 0 Å². The summed E-state index contributed by atoms with van der Waals surface area (Å²) in [5.74, 6) is 0.768. The first-order valence-electron chi connectivity index (χ1n) is 8.97. The summed E-state index contributed by atoms with van der Waals surface area (Å²) in [6.07, 6.45) is 8.47. The smallest absolute Gasteiger partial charge is 0.0249 e. The van der Waals surface area contributed by atoms with Crippen molar-refractivity contribution < 1.29 is 0 Å². The highest BCUT2D eigenvalue weighted by atomic mass is 15.2. The van der Waals surface area contributed by atoms with Crippen molar-refractivity contribution >= 4 is 0 Å². The van der Waals surface area contributed by atoms with Crippen LogP contribution in [0.15, 0.2) is 0 Å². The third-order valence-electron chi connectivity index (χ3n) is 5.82. The molecule has 20 heavy (non-hydrogen) atoms. The minimum atomic E-state index is 0.746. The standard InChI is InChI=1S/C17H33N3/c1-14(2)17(19-10-5-6-11-19)13-18-15-8-12-20-9-4-3-7-16(15)20/h14-18H,3-13H2,1-2H3. The van der Waals surface area contributed by atoms with Gasteiger partial charge in [-0.3, -0.25) is 9.80 Å². The summed E-state index contributed by atoms with van der Waals surface area (Å²) in [6.45, 7) is 11.3. The van der Waals surface area contributed by atoms with Crippen LogP contribution in [0.2, 0.25) is 0 Å². The summed E-state index contributed by atoms with van der Waals surface area (Å²) in [5, 5.41) is 3.96. The number of rotatable bonds is 5. The summed E-state index contributed by atoms with van der Waals surface area (Å²) in [7, 11) is 0. The highest BCUT2D eigenvalue weighted by molar-refractivity contribution is 4.95. The van der Waals surface area contributed by atoms with Crippen molar-refractivity contribution in [2.24, 2.45) is 5.92 Å². The SMILES string of the molecule is CC(C)C(CNC1CCN2CCCCC12)N1CCCC1. The summed E-state index contributed by atoms with van der Waals surface area (Å²) < 4.78 is 0. The first-order valence-corrected chi connectivity index (χ1v) is 8.97. The predicted octanol–water partition coefficient (Wildman–Crippen LogP) is 2.32. The number of fused-ring (bicyclic) bond motifs is 1. The van der Waals surface area contributed by atoms with Crippen molar-refractivity contribution in [3.8, 4) is 0 Å². The number of hydrogen-bond donors (Lipinski definition) is 1. The Kier molecular flexibility index (Phi) is 5.00. The van der Waals surface area contributed by atoms with Crippen LogP contribution in [-0.4, -0.2) is 60.6 Å².